The van der Waals surface area contributed by atoms with Crippen LogP contribution in [0.25, 0.3) is 0 Å². The van der Waals surface area contributed by atoms with Gasteiger partial charge in [-0.2, -0.15) is 5.10 Å². The van der Waals surface area contributed by atoms with Crippen LogP contribution in [0.2, 0.25) is 0 Å². The van der Waals surface area contributed by atoms with Crippen LogP contribution in [0.15, 0.2) is 30.5 Å². The summed E-state index contributed by atoms with van der Waals surface area (Å²) in [6.45, 7) is 0.657. The Kier molecular flexibility index (Phi) is 4.64. The first kappa shape index (κ1) is 16.5. The second kappa shape index (κ2) is 7.04. The quantitative estimate of drug-likeness (QED) is 0.663. The van der Waals surface area contributed by atoms with Gasteiger partial charge in [0.15, 0.2) is 0 Å². The van der Waals surface area contributed by atoms with E-state index in [9.17, 15) is 14.4 Å². The van der Waals surface area contributed by atoms with Crippen molar-refractivity contribution in [3.8, 4) is 5.75 Å². The number of imide groups is 1. The number of urea groups is 1. The molecule has 130 valence electrons. The first-order valence-electron chi connectivity index (χ1n) is 7.58. The zero-order valence-corrected chi connectivity index (χ0v) is 13.5. The number of methoxy groups -OCH3 is 1. The van der Waals surface area contributed by atoms with Crippen LogP contribution in [0.4, 0.5) is 4.79 Å². The number of amides is 4. The first-order chi connectivity index (χ1) is 12.1. The molecule has 0 unspecified atom stereocenters. The largest absolute Gasteiger partial charge is 0.497 e. The number of aromatic amines is 1. The number of aromatic nitrogens is 2. The summed E-state index contributed by atoms with van der Waals surface area (Å²) in [6, 6.07) is 5.86. The number of H-pyrrole nitrogens is 1. The molecule has 0 bridgehead atoms. The minimum atomic E-state index is -0.652. The molecule has 3 rings (SSSR count). The molecule has 1 aliphatic heterocycles. The highest BCUT2D eigenvalue weighted by Crippen LogP contribution is 2.28. The van der Waals surface area contributed by atoms with Gasteiger partial charge in [0.05, 0.1) is 18.8 Å². The molecule has 1 aromatic carbocycles. The van der Waals surface area contributed by atoms with Crippen molar-refractivity contribution in [1.82, 2.24) is 25.7 Å². The van der Waals surface area contributed by atoms with E-state index >= 15 is 0 Å². The Morgan fingerprint density at radius 2 is 2.32 bits per heavy atom. The van der Waals surface area contributed by atoms with Gasteiger partial charge in [-0.1, -0.05) is 6.07 Å². The third-order valence-electron chi connectivity index (χ3n) is 3.99. The van der Waals surface area contributed by atoms with E-state index in [4.69, 9.17) is 4.74 Å². The highest BCUT2D eigenvalue weighted by molar-refractivity contribution is 5.98. The van der Waals surface area contributed by atoms with E-state index in [1.54, 1.807) is 36.4 Å². The highest BCUT2D eigenvalue weighted by atomic mass is 16.5. The molecule has 25 heavy (non-hydrogen) atoms. The topological polar surface area (TPSA) is 116 Å². The Balaban J connectivity index is 1.77. The number of carbonyl (C=O) groups excluding carboxylic acids is 3. The van der Waals surface area contributed by atoms with Crippen molar-refractivity contribution in [1.29, 1.82) is 0 Å². The van der Waals surface area contributed by atoms with E-state index in [0.717, 1.165) is 5.56 Å². The van der Waals surface area contributed by atoms with Gasteiger partial charge in [0, 0.05) is 24.8 Å². The Hall–Kier alpha value is -3.36. The zero-order chi connectivity index (χ0) is 17.8. The fourth-order valence-electron chi connectivity index (χ4n) is 2.77. The number of benzene rings is 1. The third-order valence-corrected chi connectivity index (χ3v) is 3.99. The number of rotatable bonds is 6. The number of nitrogens with one attached hydrogen (secondary N) is 3. The molecule has 2 heterocycles. The van der Waals surface area contributed by atoms with Crippen molar-refractivity contribution < 1.29 is 19.1 Å². The van der Waals surface area contributed by atoms with E-state index in [1.807, 2.05) is 11.4 Å². The standard InChI is InChI=1S/C16H17N5O4/c1-25-11-3-2-10-7-21(15(23)12(10)6-11)8-14(13-4-5-18-20-13)19-16(24)17-9-22/h2-6,9,14H,7-8H2,1H3,(H,18,20)(H2,17,19,22,24)/t14-/m0/s1. The summed E-state index contributed by atoms with van der Waals surface area (Å²) in [4.78, 5) is 36.4. The van der Waals surface area contributed by atoms with Crippen LogP contribution < -0.4 is 15.4 Å². The minimum absolute atomic E-state index is 0.143. The maximum absolute atomic E-state index is 12.6. The molecule has 0 saturated heterocycles. The predicted octanol–water partition coefficient (Wildman–Crippen LogP) is 0.571. The van der Waals surface area contributed by atoms with Crippen LogP contribution in [0.1, 0.15) is 27.7 Å². The predicted molar refractivity (Wildman–Crippen MR) is 86.8 cm³/mol. The van der Waals surface area contributed by atoms with E-state index in [1.165, 1.54) is 0 Å². The Labute approximate surface area is 143 Å². The molecule has 9 heteroatoms. The normalized spacial score (nSPS) is 14.0. The summed E-state index contributed by atoms with van der Waals surface area (Å²) in [5.41, 5.74) is 2.11. The molecule has 1 aliphatic rings. The maximum atomic E-state index is 12.6. The van der Waals surface area contributed by atoms with Crippen molar-refractivity contribution >= 4 is 18.3 Å². The second-order valence-corrected chi connectivity index (χ2v) is 5.51. The lowest BCUT2D eigenvalue weighted by molar-refractivity contribution is -0.108. The van der Waals surface area contributed by atoms with Crippen LogP contribution >= 0.6 is 0 Å². The van der Waals surface area contributed by atoms with Gasteiger partial charge in [0.25, 0.3) is 5.91 Å². The van der Waals surface area contributed by atoms with Crippen molar-refractivity contribution in [2.45, 2.75) is 12.6 Å². The fourth-order valence-corrected chi connectivity index (χ4v) is 2.77. The van der Waals surface area contributed by atoms with Crippen LogP contribution in [-0.2, 0) is 11.3 Å². The van der Waals surface area contributed by atoms with Crippen LogP contribution in [0, 0.1) is 0 Å². The molecule has 0 aliphatic carbocycles. The highest BCUT2D eigenvalue weighted by Gasteiger charge is 2.30. The van der Waals surface area contributed by atoms with Gasteiger partial charge in [-0.05, 0) is 23.8 Å². The van der Waals surface area contributed by atoms with Crippen LogP contribution in [0.5, 0.6) is 5.75 Å². The Morgan fingerprint density at radius 1 is 1.48 bits per heavy atom. The lowest BCUT2D eigenvalue weighted by Gasteiger charge is -2.23. The number of hydrogen-bond acceptors (Lipinski definition) is 5. The van der Waals surface area contributed by atoms with Crippen molar-refractivity contribution in [3.63, 3.8) is 0 Å². The smallest absolute Gasteiger partial charge is 0.321 e. The number of carbonyl (C=O) groups is 3. The molecule has 9 nitrogen and oxygen atoms in total. The van der Waals surface area contributed by atoms with Crippen LogP contribution in [-0.4, -0.2) is 47.1 Å². The molecule has 3 N–H and O–H groups in total. The van der Waals surface area contributed by atoms with Crippen molar-refractivity contribution in [2.75, 3.05) is 13.7 Å². The van der Waals surface area contributed by atoms with Gasteiger partial charge in [-0.3, -0.25) is 20.0 Å². The average molecular weight is 343 g/mol. The van der Waals surface area contributed by atoms with Gasteiger partial charge in [-0.25, -0.2) is 4.79 Å². The third kappa shape index (κ3) is 3.44. The second-order valence-electron chi connectivity index (χ2n) is 5.51. The van der Waals surface area contributed by atoms with E-state index in [0.29, 0.717) is 30.0 Å². The Bertz CT molecular complexity index is 790. The maximum Gasteiger partial charge on any atom is 0.321 e. The minimum Gasteiger partial charge on any atom is -0.497 e. The van der Waals surface area contributed by atoms with Crippen molar-refractivity contribution in [2.24, 2.45) is 0 Å². The van der Waals surface area contributed by atoms with Gasteiger partial charge < -0.3 is 15.0 Å². The number of nitrogens with zero attached hydrogens (tertiary/aromatic N) is 2. The summed E-state index contributed by atoms with van der Waals surface area (Å²) < 4.78 is 5.16. The lowest BCUT2D eigenvalue weighted by Crippen LogP contribution is -2.42. The number of ether oxygens (including phenoxy) is 1. The molecular weight excluding hydrogens is 326 g/mol. The van der Waals surface area contributed by atoms with Crippen molar-refractivity contribution in [3.05, 3.63) is 47.3 Å². The average Bonchev–Trinajstić information content (AvgIpc) is 3.23. The van der Waals surface area contributed by atoms with E-state index in [-0.39, 0.29) is 12.5 Å². The molecule has 0 fully saturated rings. The van der Waals surface area contributed by atoms with Gasteiger partial charge in [0.2, 0.25) is 6.41 Å². The molecule has 1 aromatic heterocycles. The summed E-state index contributed by atoms with van der Waals surface area (Å²) >= 11 is 0. The molecule has 0 saturated carbocycles. The molecule has 0 spiro atoms. The van der Waals surface area contributed by atoms with Gasteiger partial charge in [0.1, 0.15) is 5.75 Å². The monoisotopic (exact) mass is 343 g/mol. The summed E-state index contributed by atoms with van der Waals surface area (Å²) in [5.74, 6) is 0.471. The van der Waals surface area contributed by atoms with E-state index in [2.05, 4.69) is 15.5 Å². The van der Waals surface area contributed by atoms with Gasteiger partial charge in [-0.15, -0.1) is 0 Å². The number of hydrogen-bond donors (Lipinski definition) is 3. The lowest BCUT2D eigenvalue weighted by atomic mass is 10.1. The zero-order valence-electron chi connectivity index (χ0n) is 13.5. The Morgan fingerprint density at radius 3 is 3.00 bits per heavy atom. The SMILES string of the molecule is COc1ccc2c(c1)C(=O)N(C[C@H](NC(=O)NC=O)c1ccn[nH]1)C2. The summed E-state index contributed by atoms with van der Waals surface area (Å²) in [6.07, 6.45) is 1.84. The molecule has 4 amide bonds. The first-order valence-corrected chi connectivity index (χ1v) is 7.58. The molecule has 2 aromatic rings. The van der Waals surface area contributed by atoms with Crippen LogP contribution in [0.3, 0.4) is 0 Å². The molecular formula is C16H17N5O4. The molecule has 0 radical (unpaired) electrons. The molecule has 1 atom stereocenters. The van der Waals surface area contributed by atoms with E-state index < -0.39 is 12.1 Å². The summed E-state index contributed by atoms with van der Waals surface area (Å²) in [5, 5.41) is 11.3. The fraction of sp³-hybridized carbons (Fsp3) is 0.250. The summed E-state index contributed by atoms with van der Waals surface area (Å²) in [7, 11) is 1.54. The van der Waals surface area contributed by atoms with Gasteiger partial charge >= 0.3 is 6.03 Å². The number of fused-ring (bicyclic) bond motifs is 1.